The van der Waals surface area contributed by atoms with Crippen molar-refractivity contribution in [2.24, 2.45) is 0 Å². The van der Waals surface area contributed by atoms with Gasteiger partial charge in [-0.1, -0.05) is 0 Å². The van der Waals surface area contributed by atoms with Crippen LogP contribution in [0.2, 0.25) is 0 Å². The number of benzene rings is 1. The van der Waals surface area contributed by atoms with Crippen LogP contribution < -0.4 is 5.32 Å². The highest BCUT2D eigenvalue weighted by Gasteiger charge is 2.15. The third kappa shape index (κ3) is 5.25. The molecular weight excluding hydrogens is 274 g/mol. The molecule has 0 aromatic heterocycles. The molecule has 114 valence electrons. The number of ether oxygens (including phenoxy) is 1. The van der Waals surface area contributed by atoms with Crippen molar-refractivity contribution in [3.05, 3.63) is 28.8 Å². The maximum atomic E-state index is 11.5. The highest BCUT2D eigenvalue weighted by atomic mass is 16.6. The second-order valence-corrected chi connectivity index (χ2v) is 5.54. The number of carbonyl (C=O) groups is 3. The van der Waals surface area contributed by atoms with E-state index in [0.29, 0.717) is 24.6 Å². The molecule has 21 heavy (non-hydrogen) atoms. The fourth-order valence-electron chi connectivity index (χ4n) is 1.69. The van der Waals surface area contributed by atoms with Crippen LogP contribution in [0.5, 0.6) is 5.75 Å². The molecule has 1 aromatic rings. The molecule has 6 nitrogen and oxygen atoms in total. The van der Waals surface area contributed by atoms with Gasteiger partial charge in [0.05, 0.1) is 11.1 Å². The van der Waals surface area contributed by atoms with Crippen molar-refractivity contribution in [3.63, 3.8) is 0 Å². The second kappa shape index (κ2) is 6.88. The van der Waals surface area contributed by atoms with E-state index in [0.717, 1.165) is 0 Å². The Morgan fingerprint density at radius 1 is 1.24 bits per heavy atom. The van der Waals surface area contributed by atoms with Crippen LogP contribution in [0.15, 0.2) is 12.1 Å². The highest BCUT2D eigenvalue weighted by molar-refractivity contribution is 5.88. The van der Waals surface area contributed by atoms with E-state index in [1.807, 2.05) is 0 Å². The van der Waals surface area contributed by atoms with Gasteiger partial charge in [-0.05, 0) is 44.9 Å². The SMILES string of the molecule is CC(C)(C)OC(=O)NCCc1cc(C=O)c(O)c(C=O)c1. The van der Waals surface area contributed by atoms with Crippen molar-refractivity contribution in [3.8, 4) is 5.75 Å². The van der Waals surface area contributed by atoms with Crippen LogP contribution in [-0.4, -0.2) is 35.9 Å². The van der Waals surface area contributed by atoms with Gasteiger partial charge in [0.25, 0.3) is 0 Å². The quantitative estimate of drug-likeness (QED) is 0.811. The zero-order chi connectivity index (χ0) is 16.0. The van der Waals surface area contributed by atoms with Crippen LogP contribution in [0.1, 0.15) is 47.1 Å². The van der Waals surface area contributed by atoms with Crippen LogP contribution >= 0.6 is 0 Å². The Morgan fingerprint density at radius 2 is 1.76 bits per heavy atom. The summed E-state index contributed by atoms with van der Waals surface area (Å²) < 4.78 is 5.08. The molecule has 0 aliphatic heterocycles. The summed E-state index contributed by atoms with van der Waals surface area (Å²) in [5.74, 6) is -0.330. The maximum absolute atomic E-state index is 11.5. The number of aromatic hydroxyl groups is 1. The molecule has 0 fully saturated rings. The molecule has 0 spiro atoms. The zero-order valence-corrected chi connectivity index (χ0v) is 12.3. The van der Waals surface area contributed by atoms with Crippen LogP contribution in [0, 0.1) is 0 Å². The smallest absolute Gasteiger partial charge is 0.407 e. The minimum atomic E-state index is -0.571. The minimum absolute atomic E-state index is 0.0480. The molecule has 1 amide bonds. The molecule has 2 N–H and O–H groups in total. The molecule has 1 aromatic carbocycles. The summed E-state index contributed by atoms with van der Waals surface area (Å²) in [5, 5.41) is 12.2. The lowest BCUT2D eigenvalue weighted by Gasteiger charge is -2.19. The molecule has 0 atom stereocenters. The normalized spacial score (nSPS) is 10.8. The molecule has 0 aliphatic rings. The molecule has 0 saturated carbocycles. The van der Waals surface area contributed by atoms with Gasteiger partial charge in [0.2, 0.25) is 0 Å². The van der Waals surface area contributed by atoms with Gasteiger partial charge in [-0.3, -0.25) is 9.59 Å². The van der Waals surface area contributed by atoms with Crippen molar-refractivity contribution >= 4 is 18.7 Å². The van der Waals surface area contributed by atoms with E-state index < -0.39 is 11.7 Å². The van der Waals surface area contributed by atoms with E-state index in [2.05, 4.69) is 5.32 Å². The van der Waals surface area contributed by atoms with Crippen LogP contribution in [0.4, 0.5) is 4.79 Å². The highest BCUT2D eigenvalue weighted by Crippen LogP contribution is 2.22. The first kappa shape index (κ1) is 16.7. The average Bonchev–Trinajstić information content (AvgIpc) is 2.38. The monoisotopic (exact) mass is 293 g/mol. The van der Waals surface area contributed by atoms with Gasteiger partial charge in [0.15, 0.2) is 12.6 Å². The summed E-state index contributed by atoms with van der Waals surface area (Å²) in [5.41, 5.74) is 0.185. The molecule has 0 saturated heterocycles. The number of alkyl carbamates (subject to hydrolysis) is 1. The van der Waals surface area contributed by atoms with E-state index in [-0.39, 0.29) is 23.4 Å². The summed E-state index contributed by atoms with van der Waals surface area (Å²) in [7, 11) is 0. The molecule has 0 unspecified atom stereocenters. The van der Waals surface area contributed by atoms with Gasteiger partial charge in [-0.2, -0.15) is 0 Å². The summed E-state index contributed by atoms with van der Waals surface area (Å²) >= 11 is 0. The predicted octanol–water partition coefficient (Wildman–Crippen LogP) is 2.08. The Morgan fingerprint density at radius 3 is 2.19 bits per heavy atom. The van der Waals surface area contributed by atoms with Crippen LogP contribution in [0.25, 0.3) is 0 Å². The second-order valence-electron chi connectivity index (χ2n) is 5.54. The number of phenols is 1. The number of amides is 1. The topological polar surface area (TPSA) is 92.7 Å². The van der Waals surface area contributed by atoms with Gasteiger partial charge in [0.1, 0.15) is 11.4 Å². The van der Waals surface area contributed by atoms with Gasteiger partial charge < -0.3 is 15.2 Å². The summed E-state index contributed by atoms with van der Waals surface area (Å²) in [4.78, 5) is 33.1. The predicted molar refractivity (Wildman–Crippen MR) is 76.8 cm³/mol. The van der Waals surface area contributed by atoms with Crippen LogP contribution in [-0.2, 0) is 11.2 Å². The summed E-state index contributed by atoms with van der Waals surface area (Å²) in [6, 6.07) is 2.96. The zero-order valence-electron chi connectivity index (χ0n) is 12.3. The minimum Gasteiger partial charge on any atom is -0.506 e. The van der Waals surface area contributed by atoms with Gasteiger partial charge in [-0.25, -0.2) is 4.79 Å². The summed E-state index contributed by atoms with van der Waals surface area (Å²) in [6.45, 7) is 5.58. The average molecular weight is 293 g/mol. The lowest BCUT2D eigenvalue weighted by molar-refractivity contribution is 0.0528. The first-order chi connectivity index (χ1) is 9.76. The number of hydrogen-bond donors (Lipinski definition) is 2. The van der Waals surface area contributed by atoms with Gasteiger partial charge in [-0.15, -0.1) is 0 Å². The number of phenolic OH excluding ortho intramolecular Hbond substituents is 1. The third-order valence-electron chi connectivity index (χ3n) is 2.56. The fourth-order valence-corrected chi connectivity index (χ4v) is 1.69. The third-order valence-corrected chi connectivity index (χ3v) is 2.56. The Kier molecular flexibility index (Phi) is 5.46. The van der Waals surface area contributed by atoms with Crippen molar-refractivity contribution in [2.45, 2.75) is 32.8 Å². The van der Waals surface area contributed by atoms with Crippen LogP contribution in [0.3, 0.4) is 0 Å². The van der Waals surface area contributed by atoms with Crippen molar-refractivity contribution < 1.29 is 24.2 Å². The Bertz CT molecular complexity index is 516. The molecule has 0 radical (unpaired) electrons. The molecule has 0 bridgehead atoms. The molecule has 1 rings (SSSR count). The molecular formula is C15H19NO5. The Hall–Kier alpha value is -2.37. The van der Waals surface area contributed by atoms with E-state index in [9.17, 15) is 19.5 Å². The fraction of sp³-hybridized carbons (Fsp3) is 0.400. The Balaban J connectivity index is 2.66. The number of nitrogens with one attached hydrogen (secondary N) is 1. The molecule has 6 heteroatoms. The van der Waals surface area contributed by atoms with E-state index in [4.69, 9.17) is 4.74 Å². The molecule has 0 heterocycles. The number of aldehydes is 2. The van der Waals surface area contributed by atoms with E-state index in [1.165, 1.54) is 12.1 Å². The standard InChI is InChI=1S/C15H19NO5/c1-15(2,3)21-14(20)16-5-4-10-6-11(8-17)13(19)12(7-10)9-18/h6-9,19H,4-5H2,1-3H3,(H,16,20). The first-order valence-electron chi connectivity index (χ1n) is 6.50. The van der Waals surface area contributed by atoms with E-state index >= 15 is 0 Å². The largest absolute Gasteiger partial charge is 0.506 e. The number of hydrogen-bond acceptors (Lipinski definition) is 5. The summed E-state index contributed by atoms with van der Waals surface area (Å²) in [6.07, 6.45) is 0.828. The maximum Gasteiger partial charge on any atom is 0.407 e. The lowest BCUT2D eigenvalue weighted by atomic mass is 10.0. The number of carbonyl (C=O) groups excluding carboxylic acids is 3. The lowest BCUT2D eigenvalue weighted by Crippen LogP contribution is -2.33. The first-order valence-corrected chi connectivity index (χ1v) is 6.50. The van der Waals surface area contributed by atoms with Crippen molar-refractivity contribution in [2.75, 3.05) is 6.54 Å². The van der Waals surface area contributed by atoms with Gasteiger partial charge in [0, 0.05) is 6.54 Å². The van der Waals surface area contributed by atoms with Crippen molar-refractivity contribution in [1.29, 1.82) is 0 Å². The Labute approximate surface area is 123 Å². The van der Waals surface area contributed by atoms with Gasteiger partial charge >= 0.3 is 6.09 Å². The van der Waals surface area contributed by atoms with Crippen molar-refractivity contribution in [1.82, 2.24) is 5.32 Å². The van der Waals surface area contributed by atoms with E-state index in [1.54, 1.807) is 20.8 Å². The number of rotatable bonds is 5. The molecule has 0 aliphatic carbocycles.